The van der Waals surface area contributed by atoms with Crippen molar-refractivity contribution >= 4 is 33.5 Å². The van der Waals surface area contributed by atoms with Crippen molar-refractivity contribution in [2.75, 3.05) is 0 Å². The van der Waals surface area contributed by atoms with E-state index in [2.05, 4.69) is 0 Å². The van der Waals surface area contributed by atoms with E-state index < -0.39 is 11.9 Å². The molecule has 3 nitrogen and oxygen atoms in total. The van der Waals surface area contributed by atoms with E-state index in [-0.39, 0.29) is 0 Å². The second-order valence-electron chi connectivity index (χ2n) is 4.95. The Kier molecular flexibility index (Phi) is 2.05. The Hall–Kier alpha value is -2.68. The van der Waals surface area contributed by atoms with E-state index >= 15 is 0 Å². The molecule has 0 bridgehead atoms. The van der Waals surface area contributed by atoms with Gasteiger partial charge in [-0.2, -0.15) is 0 Å². The van der Waals surface area contributed by atoms with Crippen molar-refractivity contribution in [3.63, 3.8) is 0 Å². The highest BCUT2D eigenvalue weighted by Gasteiger charge is 2.29. The summed E-state index contributed by atoms with van der Waals surface area (Å²) in [5, 5.41) is 3.49. The SMILES string of the molecule is Cc1c2ccccc2c2c3c(cccc13)C(=O)OC2=O. The first-order valence-electron chi connectivity index (χ1n) is 6.39. The summed E-state index contributed by atoms with van der Waals surface area (Å²) in [6.45, 7) is 2.01. The fourth-order valence-electron chi connectivity index (χ4n) is 3.01. The van der Waals surface area contributed by atoms with Gasteiger partial charge in [0.1, 0.15) is 0 Å². The Morgan fingerprint density at radius 3 is 2.30 bits per heavy atom. The van der Waals surface area contributed by atoms with Crippen molar-refractivity contribution in [2.45, 2.75) is 6.92 Å². The third-order valence-corrected chi connectivity index (χ3v) is 3.93. The number of hydrogen-bond donors (Lipinski definition) is 0. The molecule has 1 aliphatic rings. The lowest BCUT2D eigenvalue weighted by Crippen LogP contribution is -2.20. The first kappa shape index (κ1) is 11.2. The molecule has 0 unspecified atom stereocenters. The van der Waals surface area contributed by atoms with Gasteiger partial charge in [-0.15, -0.1) is 0 Å². The number of hydrogen-bond acceptors (Lipinski definition) is 3. The third kappa shape index (κ3) is 1.24. The number of cyclic esters (lactones) is 2. The molecule has 0 fully saturated rings. The summed E-state index contributed by atoms with van der Waals surface area (Å²) < 4.78 is 4.87. The van der Waals surface area contributed by atoms with Crippen molar-refractivity contribution in [3.8, 4) is 0 Å². The van der Waals surface area contributed by atoms with Crippen molar-refractivity contribution in [1.82, 2.24) is 0 Å². The molecule has 0 spiro atoms. The van der Waals surface area contributed by atoms with Crippen LogP contribution in [0.2, 0.25) is 0 Å². The Bertz CT molecular complexity index is 922. The van der Waals surface area contributed by atoms with E-state index in [1.54, 1.807) is 6.07 Å². The molecule has 96 valence electrons. The number of aryl methyl sites for hydroxylation is 1. The van der Waals surface area contributed by atoms with Crippen LogP contribution in [0.5, 0.6) is 0 Å². The number of benzene rings is 3. The fourth-order valence-corrected chi connectivity index (χ4v) is 3.01. The molecule has 3 aromatic rings. The second-order valence-corrected chi connectivity index (χ2v) is 4.95. The molecule has 0 aromatic heterocycles. The number of esters is 2. The molecule has 0 radical (unpaired) electrons. The van der Waals surface area contributed by atoms with Crippen molar-refractivity contribution in [2.24, 2.45) is 0 Å². The quantitative estimate of drug-likeness (QED) is 0.353. The first-order chi connectivity index (χ1) is 9.68. The average molecular weight is 262 g/mol. The van der Waals surface area contributed by atoms with E-state index in [9.17, 15) is 9.59 Å². The van der Waals surface area contributed by atoms with Gasteiger partial charge < -0.3 is 4.74 Å². The highest BCUT2D eigenvalue weighted by Crippen LogP contribution is 2.37. The van der Waals surface area contributed by atoms with Gasteiger partial charge in [-0.05, 0) is 34.7 Å². The molecule has 0 saturated carbocycles. The summed E-state index contributed by atoms with van der Waals surface area (Å²) in [4.78, 5) is 24.1. The van der Waals surface area contributed by atoms with Gasteiger partial charge in [-0.3, -0.25) is 0 Å². The van der Waals surface area contributed by atoms with Crippen LogP contribution in [0.25, 0.3) is 21.5 Å². The minimum absolute atomic E-state index is 0.464. The molecule has 1 heterocycles. The first-order valence-corrected chi connectivity index (χ1v) is 6.39. The van der Waals surface area contributed by atoms with Gasteiger partial charge in [-0.1, -0.05) is 36.4 Å². The molecule has 3 heteroatoms. The van der Waals surface area contributed by atoms with Crippen LogP contribution in [0.1, 0.15) is 26.3 Å². The van der Waals surface area contributed by atoms with Gasteiger partial charge >= 0.3 is 11.9 Å². The van der Waals surface area contributed by atoms with Gasteiger partial charge in [0, 0.05) is 5.39 Å². The molecule has 3 aromatic carbocycles. The number of ether oxygens (including phenoxy) is 1. The van der Waals surface area contributed by atoms with E-state index in [0.29, 0.717) is 16.5 Å². The number of rotatable bonds is 0. The normalized spacial score (nSPS) is 13.8. The van der Waals surface area contributed by atoms with E-state index in [1.807, 2.05) is 43.3 Å². The van der Waals surface area contributed by atoms with Gasteiger partial charge in [0.25, 0.3) is 0 Å². The minimum atomic E-state index is -0.567. The molecule has 0 amide bonds. The minimum Gasteiger partial charge on any atom is -0.386 e. The van der Waals surface area contributed by atoms with Crippen LogP contribution in [-0.2, 0) is 4.74 Å². The topological polar surface area (TPSA) is 43.4 Å². The maximum Gasteiger partial charge on any atom is 0.347 e. The van der Waals surface area contributed by atoms with Crippen LogP contribution in [0.15, 0.2) is 42.5 Å². The summed E-state index contributed by atoms with van der Waals surface area (Å²) >= 11 is 0. The van der Waals surface area contributed by atoms with Crippen molar-refractivity contribution < 1.29 is 14.3 Å². The van der Waals surface area contributed by atoms with Crippen LogP contribution in [-0.4, -0.2) is 11.9 Å². The molecular formula is C17H10O3. The standard InChI is InChI=1S/C17H10O3/c1-9-10-5-2-3-6-12(10)15-14-11(9)7-4-8-13(14)16(18)20-17(15)19/h2-8H,1H3. The van der Waals surface area contributed by atoms with Crippen LogP contribution < -0.4 is 0 Å². The highest BCUT2D eigenvalue weighted by atomic mass is 16.6. The molecule has 1 aliphatic heterocycles. The Morgan fingerprint density at radius 1 is 0.800 bits per heavy atom. The lowest BCUT2D eigenvalue weighted by Gasteiger charge is -2.19. The number of fused-ring (bicyclic) bond motifs is 2. The smallest absolute Gasteiger partial charge is 0.347 e. The maximum atomic E-state index is 12.2. The molecule has 0 aliphatic carbocycles. The molecule has 4 rings (SSSR count). The van der Waals surface area contributed by atoms with E-state index in [0.717, 1.165) is 21.7 Å². The second kappa shape index (κ2) is 3.67. The Labute approximate surface area is 114 Å². The molecule has 0 atom stereocenters. The van der Waals surface area contributed by atoms with Crippen LogP contribution in [0.3, 0.4) is 0 Å². The summed E-state index contributed by atoms with van der Waals surface area (Å²) in [5.41, 5.74) is 2.03. The van der Waals surface area contributed by atoms with Crippen molar-refractivity contribution in [3.05, 3.63) is 59.2 Å². The zero-order valence-corrected chi connectivity index (χ0v) is 10.8. The maximum absolute atomic E-state index is 12.2. The van der Waals surface area contributed by atoms with Gasteiger partial charge in [0.2, 0.25) is 0 Å². The van der Waals surface area contributed by atoms with Crippen molar-refractivity contribution in [1.29, 1.82) is 0 Å². The lowest BCUT2D eigenvalue weighted by molar-refractivity contribution is 0.0393. The summed E-state index contributed by atoms with van der Waals surface area (Å²) in [5.74, 6) is -1.13. The number of carbonyl (C=O) groups excluding carboxylic acids is 2. The summed E-state index contributed by atoms with van der Waals surface area (Å²) in [6.07, 6.45) is 0. The summed E-state index contributed by atoms with van der Waals surface area (Å²) in [6, 6.07) is 13.2. The monoisotopic (exact) mass is 262 g/mol. The third-order valence-electron chi connectivity index (χ3n) is 3.93. The molecule has 0 N–H and O–H groups in total. The fraction of sp³-hybridized carbons (Fsp3) is 0.0588. The average Bonchev–Trinajstić information content (AvgIpc) is 2.46. The largest absolute Gasteiger partial charge is 0.386 e. The lowest BCUT2D eigenvalue weighted by atomic mass is 9.89. The van der Waals surface area contributed by atoms with Crippen LogP contribution >= 0.6 is 0 Å². The van der Waals surface area contributed by atoms with Gasteiger partial charge in [0.05, 0.1) is 11.1 Å². The Morgan fingerprint density at radius 2 is 1.50 bits per heavy atom. The van der Waals surface area contributed by atoms with E-state index in [1.165, 1.54) is 0 Å². The zero-order chi connectivity index (χ0) is 13.9. The van der Waals surface area contributed by atoms with Gasteiger partial charge in [-0.25, -0.2) is 9.59 Å². The molecular weight excluding hydrogens is 252 g/mol. The molecule has 20 heavy (non-hydrogen) atoms. The van der Waals surface area contributed by atoms with Crippen LogP contribution in [0, 0.1) is 6.92 Å². The van der Waals surface area contributed by atoms with Gasteiger partial charge in [0.15, 0.2) is 0 Å². The summed E-state index contributed by atoms with van der Waals surface area (Å²) in [7, 11) is 0. The molecule has 0 saturated heterocycles. The van der Waals surface area contributed by atoms with E-state index in [4.69, 9.17) is 4.74 Å². The highest BCUT2D eigenvalue weighted by molar-refractivity contribution is 6.27. The van der Waals surface area contributed by atoms with Crippen LogP contribution in [0.4, 0.5) is 0 Å². The predicted molar refractivity (Wildman–Crippen MR) is 75.9 cm³/mol. The number of carbonyl (C=O) groups is 2. The predicted octanol–water partition coefficient (Wildman–Crippen LogP) is 3.61. The zero-order valence-electron chi connectivity index (χ0n) is 10.8. The Balaban J connectivity index is 2.40.